The summed E-state index contributed by atoms with van der Waals surface area (Å²) in [5.41, 5.74) is 1.94. The number of aromatic amines is 1. The molecule has 0 spiro atoms. The highest BCUT2D eigenvalue weighted by atomic mass is 31.0. The Balaban J connectivity index is 1.45. The molecule has 0 aliphatic carbocycles. The fourth-order valence-corrected chi connectivity index (χ4v) is 4.93. The molecule has 0 aromatic carbocycles. The van der Waals surface area contributed by atoms with E-state index in [4.69, 9.17) is 4.98 Å². The predicted molar refractivity (Wildman–Crippen MR) is 111 cm³/mol. The number of hydrogen-bond donors (Lipinski definition) is 3. The van der Waals surface area contributed by atoms with E-state index in [9.17, 15) is 0 Å². The Bertz CT molecular complexity index is 958. The number of anilines is 3. The Morgan fingerprint density at radius 3 is 2.74 bits per heavy atom. The van der Waals surface area contributed by atoms with Crippen molar-refractivity contribution in [2.24, 2.45) is 0 Å². The summed E-state index contributed by atoms with van der Waals surface area (Å²) in [6, 6.07) is 9.74. The van der Waals surface area contributed by atoms with E-state index >= 15 is 0 Å². The first-order valence-electron chi connectivity index (χ1n) is 9.50. The van der Waals surface area contributed by atoms with Crippen molar-refractivity contribution in [3.63, 3.8) is 0 Å². The number of H-pyrrole nitrogens is 1. The fraction of sp³-hybridized carbons (Fsp3) is 0.421. The Morgan fingerprint density at radius 2 is 2.00 bits per heavy atom. The molecule has 2 aliphatic heterocycles. The van der Waals surface area contributed by atoms with Crippen LogP contribution in [0.1, 0.15) is 31.4 Å². The van der Waals surface area contributed by atoms with Gasteiger partial charge in [0.25, 0.3) is 0 Å². The van der Waals surface area contributed by atoms with E-state index in [0.29, 0.717) is 18.1 Å². The quantitative estimate of drug-likeness (QED) is 0.599. The van der Waals surface area contributed by atoms with Gasteiger partial charge in [-0.05, 0) is 44.7 Å². The first-order valence-corrected chi connectivity index (χ1v) is 10.0. The normalized spacial score (nSPS) is 25.0. The molecule has 3 aromatic rings. The van der Waals surface area contributed by atoms with Crippen LogP contribution in [0, 0.1) is 6.92 Å². The molecular weight excluding hydrogens is 357 g/mol. The molecule has 2 bridgehead atoms. The van der Waals surface area contributed by atoms with Crippen LogP contribution in [0.15, 0.2) is 30.5 Å². The standard InChI is InChI=1S/C19H24N7P/c1-11-7-18(25-24-11)22-17-10-16-15(3-2-6-20-16)19(23-17)21-12-8-13-4-5-14(9-12)26(13)27/h2-3,6-7,10,12-14H,4-5,8-9,27H2,1H3,(H3,21,22,23,24,25)/t12-,13-,14+. The summed E-state index contributed by atoms with van der Waals surface area (Å²) >= 11 is 0. The second kappa shape index (κ2) is 6.73. The van der Waals surface area contributed by atoms with E-state index in [0.717, 1.165) is 46.9 Å². The van der Waals surface area contributed by atoms with Gasteiger partial charge < -0.3 is 10.6 Å². The maximum atomic E-state index is 4.85. The number of nitrogens with zero attached hydrogens (tertiary/aromatic N) is 4. The van der Waals surface area contributed by atoms with Crippen molar-refractivity contribution >= 4 is 37.7 Å². The Labute approximate surface area is 160 Å². The summed E-state index contributed by atoms with van der Waals surface area (Å²) in [5, 5.41) is 15.3. The molecule has 0 radical (unpaired) electrons. The minimum absolute atomic E-state index is 0.443. The van der Waals surface area contributed by atoms with Crippen LogP contribution in [0.4, 0.5) is 17.5 Å². The molecule has 2 fully saturated rings. The third-order valence-electron chi connectivity index (χ3n) is 5.69. The third-order valence-corrected chi connectivity index (χ3v) is 6.54. The van der Waals surface area contributed by atoms with Gasteiger partial charge in [0.2, 0.25) is 0 Å². The van der Waals surface area contributed by atoms with Gasteiger partial charge in [-0.1, -0.05) is 9.39 Å². The van der Waals surface area contributed by atoms with Crippen LogP contribution >= 0.6 is 9.39 Å². The van der Waals surface area contributed by atoms with E-state index in [1.807, 2.05) is 31.3 Å². The summed E-state index contributed by atoms with van der Waals surface area (Å²) in [7, 11) is 2.93. The molecule has 5 heterocycles. The van der Waals surface area contributed by atoms with Crippen molar-refractivity contribution in [2.75, 3.05) is 10.6 Å². The lowest BCUT2D eigenvalue weighted by atomic mass is 9.99. The zero-order valence-electron chi connectivity index (χ0n) is 15.3. The average Bonchev–Trinajstić information content (AvgIpc) is 3.13. The highest BCUT2D eigenvalue weighted by molar-refractivity contribution is 7.13. The number of rotatable bonds is 4. The number of hydrogen-bond acceptors (Lipinski definition) is 6. The monoisotopic (exact) mass is 381 g/mol. The smallest absolute Gasteiger partial charge is 0.153 e. The Kier molecular flexibility index (Phi) is 4.21. The summed E-state index contributed by atoms with van der Waals surface area (Å²) in [6.07, 6.45) is 6.71. The molecule has 3 aromatic heterocycles. The number of piperidine rings is 1. The minimum atomic E-state index is 0.443. The molecule has 5 rings (SSSR count). The number of aryl methyl sites for hydroxylation is 1. The van der Waals surface area contributed by atoms with E-state index in [1.54, 1.807) is 0 Å². The van der Waals surface area contributed by atoms with Gasteiger partial charge in [-0.3, -0.25) is 14.8 Å². The van der Waals surface area contributed by atoms with Crippen molar-refractivity contribution in [1.29, 1.82) is 0 Å². The summed E-state index contributed by atoms with van der Waals surface area (Å²) in [5.74, 6) is 2.41. The molecule has 3 N–H and O–H groups in total. The molecular formula is C19H24N7P. The lowest BCUT2D eigenvalue weighted by Crippen LogP contribution is -2.41. The fourth-order valence-electron chi connectivity index (χ4n) is 4.39. The topological polar surface area (TPSA) is 81.8 Å². The zero-order chi connectivity index (χ0) is 18.4. The van der Waals surface area contributed by atoms with Crippen LogP contribution in [-0.2, 0) is 0 Å². The van der Waals surface area contributed by atoms with Crippen LogP contribution in [0.5, 0.6) is 0 Å². The second-order valence-corrected chi connectivity index (χ2v) is 8.23. The van der Waals surface area contributed by atoms with Crippen LogP contribution in [0.25, 0.3) is 10.9 Å². The van der Waals surface area contributed by atoms with Crippen molar-refractivity contribution in [1.82, 2.24) is 24.8 Å². The van der Waals surface area contributed by atoms with Crippen LogP contribution in [0.2, 0.25) is 0 Å². The summed E-state index contributed by atoms with van der Waals surface area (Å²) in [4.78, 5) is 9.39. The van der Waals surface area contributed by atoms with Crippen LogP contribution in [-0.4, -0.2) is 43.0 Å². The number of aromatic nitrogens is 4. The lowest BCUT2D eigenvalue weighted by Gasteiger charge is -2.36. The van der Waals surface area contributed by atoms with E-state index < -0.39 is 0 Å². The molecule has 2 saturated heterocycles. The maximum absolute atomic E-state index is 4.85. The second-order valence-electron chi connectivity index (χ2n) is 7.63. The maximum Gasteiger partial charge on any atom is 0.153 e. The van der Waals surface area contributed by atoms with E-state index in [-0.39, 0.29) is 0 Å². The first-order chi connectivity index (χ1) is 13.2. The zero-order valence-corrected chi connectivity index (χ0v) is 16.5. The van der Waals surface area contributed by atoms with E-state index in [1.165, 1.54) is 12.8 Å². The first kappa shape index (κ1) is 16.9. The SMILES string of the molecule is Cc1cc(Nc2cc3ncccc3c(N[C@@H]3C[C@H]4CC[C@@H](C3)N4P)n2)n[nH]1. The van der Waals surface area contributed by atoms with Crippen molar-refractivity contribution < 1.29 is 0 Å². The van der Waals surface area contributed by atoms with Gasteiger partial charge >= 0.3 is 0 Å². The van der Waals surface area contributed by atoms with E-state index in [2.05, 4.69) is 45.9 Å². The lowest BCUT2D eigenvalue weighted by molar-refractivity contribution is 0.254. The van der Waals surface area contributed by atoms with Gasteiger partial charge in [0.15, 0.2) is 5.82 Å². The molecule has 0 saturated carbocycles. The average molecular weight is 381 g/mol. The van der Waals surface area contributed by atoms with Gasteiger partial charge in [-0.25, -0.2) is 4.98 Å². The van der Waals surface area contributed by atoms with Gasteiger partial charge in [0, 0.05) is 47.5 Å². The summed E-state index contributed by atoms with van der Waals surface area (Å²) in [6.45, 7) is 1.98. The number of fused-ring (bicyclic) bond motifs is 3. The molecule has 1 unspecified atom stereocenters. The molecule has 7 nitrogen and oxygen atoms in total. The summed E-state index contributed by atoms with van der Waals surface area (Å²) < 4.78 is 2.48. The van der Waals surface area contributed by atoms with Crippen molar-refractivity contribution in [3.05, 3.63) is 36.2 Å². The third kappa shape index (κ3) is 3.26. The Morgan fingerprint density at radius 1 is 1.19 bits per heavy atom. The van der Waals surface area contributed by atoms with Crippen molar-refractivity contribution in [3.8, 4) is 0 Å². The van der Waals surface area contributed by atoms with Crippen LogP contribution in [0.3, 0.4) is 0 Å². The molecule has 0 amide bonds. The minimum Gasteiger partial charge on any atom is -0.367 e. The molecule has 27 heavy (non-hydrogen) atoms. The highest BCUT2D eigenvalue weighted by Crippen LogP contribution is 2.39. The van der Waals surface area contributed by atoms with Gasteiger partial charge in [0.05, 0.1) is 5.52 Å². The molecule has 140 valence electrons. The Hall–Kier alpha value is -2.24. The molecule has 4 atom stereocenters. The number of nitrogens with one attached hydrogen (secondary N) is 3. The number of pyridine rings is 2. The predicted octanol–water partition coefficient (Wildman–Crippen LogP) is 3.60. The largest absolute Gasteiger partial charge is 0.367 e. The van der Waals surface area contributed by atoms with Gasteiger partial charge in [-0.2, -0.15) is 5.10 Å². The van der Waals surface area contributed by atoms with Crippen molar-refractivity contribution in [2.45, 2.75) is 50.7 Å². The highest BCUT2D eigenvalue weighted by Gasteiger charge is 2.38. The van der Waals surface area contributed by atoms with Gasteiger partial charge in [-0.15, -0.1) is 0 Å². The molecule has 2 aliphatic rings. The van der Waals surface area contributed by atoms with Crippen LogP contribution < -0.4 is 10.6 Å². The van der Waals surface area contributed by atoms with Gasteiger partial charge in [0.1, 0.15) is 11.6 Å². The molecule has 8 heteroatoms.